The van der Waals surface area contributed by atoms with Crippen molar-refractivity contribution < 1.29 is 9.15 Å². The van der Waals surface area contributed by atoms with Crippen LogP contribution in [0.1, 0.15) is 19.4 Å². The molecule has 0 aliphatic rings. The summed E-state index contributed by atoms with van der Waals surface area (Å²) in [4.78, 5) is 12.1. The number of ether oxygens (including phenoxy) is 1. The van der Waals surface area contributed by atoms with Crippen LogP contribution < -0.4 is 10.3 Å². The lowest BCUT2D eigenvalue weighted by Gasteiger charge is -2.12. The Morgan fingerprint density at radius 3 is 2.87 bits per heavy atom. The lowest BCUT2D eigenvalue weighted by atomic mass is 10.2. The normalized spacial score (nSPS) is 10.9. The van der Waals surface area contributed by atoms with Crippen LogP contribution in [0.4, 0.5) is 0 Å². The van der Waals surface area contributed by atoms with Crippen LogP contribution in [0.3, 0.4) is 0 Å². The van der Waals surface area contributed by atoms with Gasteiger partial charge in [0.25, 0.3) is 5.56 Å². The highest BCUT2D eigenvalue weighted by atomic mass is 16.5. The molecule has 0 spiro atoms. The second-order valence-corrected chi connectivity index (χ2v) is 5.44. The summed E-state index contributed by atoms with van der Waals surface area (Å²) in [7, 11) is 0. The predicted octanol–water partition coefficient (Wildman–Crippen LogP) is 2.73. The molecule has 3 rings (SSSR count). The molecule has 23 heavy (non-hydrogen) atoms. The first-order valence-corrected chi connectivity index (χ1v) is 7.34. The van der Waals surface area contributed by atoms with Crippen molar-refractivity contribution in [1.82, 2.24) is 14.8 Å². The Morgan fingerprint density at radius 2 is 2.13 bits per heavy atom. The molecule has 6 nitrogen and oxygen atoms in total. The Morgan fingerprint density at radius 1 is 1.26 bits per heavy atom. The number of aromatic nitrogens is 3. The van der Waals surface area contributed by atoms with Crippen molar-refractivity contribution in [3.8, 4) is 17.2 Å². The molecule has 0 aliphatic carbocycles. The highest BCUT2D eigenvalue weighted by molar-refractivity contribution is 5.50. The molecule has 0 atom stereocenters. The van der Waals surface area contributed by atoms with E-state index in [1.807, 2.05) is 38.1 Å². The minimum absolute atomic E-state index is 0.0940. The van der Waals surface area contributed by atoms with Crippen LogP contribution in [0.25, 0.3) is 11.5 Å². The number of pyridine rings is 1. The van der Waals surface area contributed by atoms with Crippen molar-refractivity contribution in [2.24, 2.45) is 0 Å². The fourth-order valence-electron chi connectivity index (χ4n) is 2.27. The molecule has 0 N–H and O–H groups in total. The Hall–Kier alpha value is -2.89. The van der Waals surface area contributed by atoms with Crippen molar-refractivity contribution >= 4 is 0 Å². The predicted molar refractivity (Wildman–Crippen MR) is 85.3 cm³/mol. The first kappa shape index (κ1) is 15.0. The van der Waals surface area contributed by atoms with Crippen molar-refractivity contribution in [2.75, 3.05) is 0 Å². The maximum Gasteiger partial charge on any atom is 0.250 e. The summed E-state index contributed by atoms with van der Waals surface area (Å²) in [5.41, 5.74) is 1.59. The van der Waals surface area contributed by atoms with E-state index in [0.29, 0.717) is 18.0 Å². The topological polar surface area (TPSA) is 70.2 Å². The summed E-state index contributed by atoms with van der Waals surface area (Å²) in [5, 5.41) is 7.51. The molecule has 0 radical (unpaired) electrons. The molecule has 2 aromatic heterocycles. The van der Waals surface area contributed by atoms with Crippen molar-refractivity contribution in [3.63, 3.8) is 0 Å². The number of hydrogen-bond acceptors (Lipinski definition) is 5. The molecule has 2 heterocycles. The van der Waals surface area contributed by atoms with E-state index in [1.54, 1.807) is 16.8 Å². The third kappa shape index (κ3) is 3.66. The van der Waals surface area contributed by atoms with E-state index < -0.39 is 0 Å². The van der Waals surface area contributed by atoms with Crippen LogP contribution in [0.2, 0.25) is 0 Å². The number of rotatable bonds is 5. The molecule has 6 heteroatoms. The van der Waals surface area contributed by atoms with Crippen molar-refractivity contribution in [2.45, 2.75) is 26.5 Å². The van der Waals surface area contributed by atoms with Gasteiger partial charge in [-0.2, -0.15) is 0 Å². The van der Waals surface area contributed by atoms with Gasteiger partial charge in [0.15, 0.2) is 0 Å². The van der Waals surface area contributed by atoms with Gasteiger partial charge in [-0.1, -0.05) is 12.1 Å². The van der Waals surface area contributed by atoms with E-state index >= 15 is 0 Å². The van der Waals surface area contributed by atoms with Gasteiger partial charge in [-0.15, -0.1) is 10.2 Å². The second kappa shape index (κ2) is 6.48. The van der Waals surface area contributed by atoms with Gasteiger partial charge in [-0.25, -0.2) is 0 Å². The standard InChI is InChI=1S/C17H17N3O3/c1-12(2)23-15-5-3-4-13(8-15)9-20-10-14(6-7-16(20)21)17-19-18-11-22-17/h3-8,10-12H,9H2,1-2H3. The van der Waals surface area contributed by atoms with E-state index in [-0.39, 0.29) is 11.7 Å². The van der Waals surface area contributed by atoms with Gasteiger partial charge in [0.1, 0.15) is 5.75 Å². The SMILES string of the molecule is CC(C)Oc1cccc(Cn2cc(-c3nnco3)ccc2=O)c1. The minimum Gasteiger partial charge on any atom is -0.491 e. The second-order valence-electron chi connectivity index (χ2n) is 5.44. The number of nitrogens with zero attached hydrogens (tertiary/aromatic N) is 3. The number of hydrogen-bond donors (Lipinski definition) is 0. The minimum atomic E-state index is -0.0940. The largest absolute Gasteiger partial charge is 0.491 e. The van der Waals surface area contributed by atoms with E-state index in [2.05, 4.69) is 10.2 Å². The third-order valence-electron chi connectivity index (χ3n) is 3.21. The maximum atomic E-state index is 12.1. The smallest absolute Gasteiger partial charge is 0.250 e. The Balaban J connectivity index is 1.88. The van der Waals surface area contributed by atoms with Gasteiger partial charge >= 0.3 is 0 Å². The first-order chi connectivity index (χ1) is 11.1. The molecule has 0 fully saturated rings. The molecule has 0 aliphatic heterocycles. The summed E-state index contributed by atoms with van der Waals surface area (Å²) in [5.74, 6) is 1.18. The Labute approximate surface area is 133 Å². The van der Waals surface area contributed by atoms with E-state index in [1.165, 1.54) is 12.5 Å². The summed E-state index contributed by atoms with van der Waals surface area (Å²) < 4.78 is 12.5. The molecule has 0 bridgehead atoms. The quantitative estimate of drug-likeness (QED) is 0.724. The van der Waals surface area contributed by atoms with Gasteiger partial charge in [0.2, 0.25) is 12.3 Å². The van der Waals surface area contributed by atoms with Crippen LogP contribution in [0.5, 0.6) is 5.75 Å². The van der Waals surface area contributed by atoms with Crippen molar-refractivity contribution in [1.29, 1.82) is 0 Å². The van der Waals surface area contributed by atoms with Gasteiger partial charge in [-0.05, 0) is 37.6 Å². The molecule has 0 amide bonds. The zero-order valence-corrected chi connectivity index (χ0v) is 13.0. The average Bonchev–Trinajstić information content (AvgIpc) is 3.03. The zero-order valence-electron chi connectivity index (χ0n) is 13.0. The highest BCUT2D eigenvalue weighted by Gasteiger charge is 2.07. The summed E-state index contributed by atoms with van der Waals surface area (Å²) in [6.45, 7) is 4.40. The van der Waals surface area contributed by atoms with Gasteiger partial charge in [0, 0.05) is 12.3 Å². The Kier molecular flexibility index (Phi) is 4.23. The molecular weight excluding hydrogens is 294 g/mol. The molecule has 3 aromatic rings. The monoisotopic (exact) mass is 311 g/mol. The molecule has 1 aromatic carbocycles. The van der Waals surface area contributed by atoms with E-state index in [0.717, 1.165) is 11.3 Å². The van der Waals surface area contributed by atoms with Crippen LogP contribution >= 0.6 is 0 Å². The molecule has 118 valence electrons. The van der Waals surface area contributed by atoms with Gasteiger partial charge in [-0.3, -0.25) is 4.79 Å². The molecular formula is C17H17N3O3. The van der Waals surface area contributed by atoms with Crippen molar-refractivity contribution in [3.05, 3.63) is 64.9 Å². The fraction of sp³-hybridized carbons (Fsp3) is 0.235. The van der Waals surface area contributed by atoms with E-state index in [4.69, 9.17) is 9.15 Å². The summed E-state index contributed by atoms with van der Waals surface area (Å²) in [6, 6.07) is 10.9. The van der Waals surface area contributed by atoms with Gasteiger partial charge in [0.05, 0.1) is 18.2 Å². The lowest BCUT2D eigenvalue weighted by Crippen LogP contribution is -2.19. The van der Waals surface area contributed by atoms with Crippen LogP contribution in [-0.4, -0.2) is 20.9 Å². The van der Waals surface area contributed by atoms with Crippen LogP contribution in [0.15, 0.2) is 58.2 Å². The summed E-state index contributed by atoms with van der Waals surface area (Å²) in [6.07, 6.45) is 3.08. The Bertz CT molecular complexity index is 838. The van der Waals surface area contributed by atoms with E-state index in [9.17, 15) is 4.79 Å². The molecule has 0 saturated heterocycles. The average molecular weight is 311 g/mol. The first-order valence-electron chi connectivity index (χ1n) is 7.34. The number of benzene rings is 1. The highest BCUT2D eigenvalue weighted by Crippen LogP contribution is 2.17. The molecule has 0 saturated carbocycles. The lowest BCUT2D eigenvalue weighted by molar-refractivity contribution is 0.242. The third-order valence-corrected chi connectivity index (χ3v) is 3.21. The summed E-state index contributed by atoms with van der Waals surface area (Å²) >= 11 is 0. The fourth-order valence-corrected chi connectivity index (χ4v) is 2.27. The van der Waals surface area contributed by atoms with Crippen LogP contribution in [0, 0.1) is 0 Å². The zero-order chi connectivity index (χ0) is 16.2. The van der Waals surface area contributed by atoms with Crippen LogP contribution in [-0.2, 0) is 6.54 Å². The maximum absolute atomic E-state index is 12.1. The molecule has 0 unspecified atom stereocenters. The van der Waals surface area contributed by atoms with Gasteiger partial charge < -0.3 is 13.7 Å².